The van der Waals surface area contributed by atoms with Gasteiger partial charge in [-0.05, 0) is 34.7 Å². The van der Waals surface area contributed by atoms with Crippen LogP contribution in [0, 0.1) is 0 Å². The number of nitrogens with one attached hydrogen (secondary N) is 1. The second-order valence-electron chi connectivity index (χ2n) is 6.40. The van der Waals surface area contributed by atoms with E-state index in [1.807, 2.05) is 36.4 Å². The van der Waals surface area contributed by atoms with E-state index in [9.17, 15) is 4.79 Å². The molecule has 1 N–H and O–H groups in total. The van der Waals surface area contributed by atoms with Gasteiger partial charge in [0, 0.05) is 10.7 Å². The molecule has 0 unspecified atom stereocenters. The molecule has 0 heterocycles. The zero-order valence-corrected chi connectivity index (χ0v) is 14.8. The lowest BCUT2D eigenvalue weighted by Crippen LogP contribution is -2.21. The molecule has 0 radical (unpaired) electrons. The fraction of sp³-hybridized carbons (Fsp3) is 0.263. The van der Waals surface area contributed by atoms with Crippen LogP contribution in [0.3, 0.4) is 0 Å². The van der Waals surface area contributed by atoms with Crippen molar-refractivity contribution in [1.29, 1.82) is 0 Å². The highest BCUT2D eigenvalue weighted by atomic mass is 35.5. The number of hydrogen-bond acceptors (Lipinski definition) is 3. The molecule has 0 bridgehead atoms. The molecule has 0 aliphatic rings. The number of carbonyl (C=O) groups is 1. The topological polar surface area (TPSA) is 50.7 Å². The Balaban J connectivity index is 1.89. The van der Waals surface area contributed by atoms with Crippen molar-refractivity contribution in [1.82, 2.24) is 0 Å². The molecule has 126 valence electrons. The third-order valence-corrected chi connectivity index (χ3v) is 3.60. The average Bonchev–Trinajstić information content (AvgIpc) is 2.53. The number of halogens is 1. The van der Waals surface area contributed by atoms with E-state index >= 15 is 0 Å². The first-order chi connectivity index (χ1) is 11.4. The van der Waals surface area contributed by atoms with Crippen molar-refractivity contribution >= 4 is 29.4 Å². The predicted molar refractivity (Wildman–Crippen MR) is 98.8 cm³/mol. The minimum Gasteiger partial charge on any atom is -0.386 e. The van der Waals surface area contributed by atoms with Crippen molar-refractivity contribution in [3.05, 3.63) is 64.7 Å². The molecule has 2 aromatic rings. The van der Waals surface area contributed by atoms with Crippen LogP contribution in [0.4, 0.5) is 5.69 Å². The van der Waals surface area contributed by atoms with Crippen LogP contribution in [0.5, 0.6) is 0 Å². The van der Waals surface area contributed by atoms with Gasteiger partial charge in [0.05, 0.1) is 6.21 Å². The molecule has 1 amide bonds. The summed E-state index contributed by atoms with van der Waals surface area (Å²) in [5.74, 6) is -0.250. The van der Waals surface area contributed by atoms with Crippen molar-refractivity contribution in [3.63, 3.8) is 0 Å². The highest BCUT2D eigenvalue weighted by Crippen LogP contribution is 2.29. The van der Waals surface area contributed by atoms with Crippen LogP contribution in [-0.4, -0.2) is 18.7 Å². The van der Waals surface area contributed by atoms with Crippen molar-refractivity contribution in [2.24, 2.45) is 5.16 Å². The van der Waals surface area contributed by atoms with Crippen LogP contribution < -0.4 is 5.32 Å². The summed E-state index contributed by atoms with van der Waals surface area (Å²) in [5, 5.41) is 7.32. The van der Waals surface area contributed by atoms with E-state index in [-0.39, 0.29) is 17.9 Å². The van der Waals surface area contributed by atoms with E-state index in [2.05, 4.69) is 31.2 Å². The molecular weight excluding hydrogens is 324 g/mol. The molecular formula is C19H21ClN2O2. The SMILES string of the molecule is CC(C)(C)c1ccccc1NC(=O)CO/N=C/c1ccc(Cl)cc1. The van der Waals surface area contributed by atoms with Gasteiger partial charge in [-0.2, -0.15) is 0 Å². The monoisotopic (exact) mass is 344 g/mol. The number of hydrogen-bond donors (Lipinski definition) is 1. The summed E-state index contributed by atoms with van der Waals surface area (Å²) >= 11 is 5.81. The predicted octanol–water partition coefficient (Wildman–Crippen LogP) is 4.63. The van der Waals surface area contributed by atoms with Gasteiger partial charge in [-0.25, -0.2) is 0 Å². The van der Waals surface area contributed by atoms with Gasteiger partial charge >= 0.3 is 0 Å². The second-order valence-corrected chi connectivity index (χ2v) is 6.84. The number of rotatable bonds is 5. The molecule has 2 aromatic carbocycles. The second kappa shape index (κ2) is 7.97. The quantitative estimate of drug-likeness (QED) is 0.635. The first kappa shape index (κ1) is 18.0. The number of oxime groups is 1. The molecule has 0 spiro atoms. The molecule has 2 rings (SSSR count). The van der Waals surface area contributed by atoms with Crippen molar-refractivity contribution in [2.75, 3.05) is 11.9 Å². The number of amides is 1. The number of anilines is 1. The first-order valence-electron chi connectivity index (χ1n) is 7.66. The van der Waals surface area contributed by atoms with Gasteiger partial charge in [0.25, 0.3) is 5.91 Å². The minimum atomic E-state index is -0.250. The van der Waals surface area contributed by atoms with Gasteiger partial charge in [-0.1, -0.05) is 67.9 Å². The molecule has 0 aromatic heterocycles. The van der Waals surface area contributed by atoms with E-state index in [4.69, 9.17) is 16.4 Å². The van der Waals surface area contributed by atoms with Gasteiger partial charge in [0.1, 0.15) is 0 Å². The maximum Gasteiger partial charge on any atom is 0.265 e. The smallest absolute Gasteiger partial charge is 0.265 e. The number of carbonyl (C=O) groups excluding carboxylic acids is 1. The van der Waals surface area contributed by atoms with Crippen LogP contribution in [0.2, 0.25) is 5.02 Å². The molecule has 0 aliphatic heterocycles. The maximum atomic E-state index is 12.0. The highest BCUT2D eigenvalue weighted by Gasteiger charge is 2.18. The highest BCUT2D eigenvalue weighted by molar-refractivity contribution is 6.30. The van der Waals surface area contributed by atoms with Gasteiger partial charge in [-0.3, -0.25) is 4.79 Å². The summed E-state index contributed by atoms with van der Waals surface area (Å²) in [5.41, 5.74) is 2.65. The van der Waals surface area contributed by atoms with E-state index in [0.717, 1.165) is 16.8 Å². The number of nitrogens with zero attached hydrogens (tertiary/aromatic N) is 1. The van der Waals surface area contributed by atoms with E-state index in [0.29, 0.717) is 5.02 Å². The fourth-order valence-corrected chi connectivity index (χ4v) is 2.30. The Morgan fingerprint density at radius 2 is 1.83 bits per heavy atom. The molecule has 5 heteroatoms. The largest absolute Gasteiger partial charge is 0.386 e. The number of benzene rings is 2. The van der Waals surface area contributed by atoms with Crippen molar-refractivity contribution in [3.8, 4) is 0 Å². The molecule has 0 saturated carbocycles. The molecule has 0 atom stereocenters. The summed E-state index contributed by atoms with van der Waals surface area (Å²) < 4.78 is 0. The molecule has 0 aliphatic carbocycles. The maximum absolute atomic E-state index is 12.0. The van der Waals surface area contributed by atoms with Gasteiger partial charge in [0.15, 0.2) is 6.61 Å². The van der Waals surface area contributed by atoms with Crippen LogP contribution in [0.1, 0.15) is 31.9 Å². The first-order valence-corrected chi connectivity index (χ1v) is 8.04. The Morgan fingerprint density at radius 1 is 1.17 bits per heavy atom. The molecule has 0 fully saturated rings. The van der Waals surface area contributed by atoms with Crippen LogP contribution >= 0.6 is 11.6 Å². The minimum absolute atomic E-state index is 0.0581. The average molecular weight is 345 g/mol. The summed E-state index contributed by atoms with van der Waals surface area (Å²) in [6.45, 7) is 6.16. The normalized spacial score (nSPS) is 11.5. The van der Waals surface area contributed by atoms with Crippen LogP contribution in [0.25, 0.3) is 0 Å². The lowest BCUT2D eigenvalue weighted by atomic mass is 9.86. The van der Waals surface area contributed by atoms with Crippen molar-refractivity contribution in [2.45, 2.75) is 26.2 Å². The standard InChI is InChI=1S/C19H21ClN2O2/c1-19(2,3)16-6-4-5-7-17(16)22-18(23)13-24-21-12-14-8-10-15(20)11-9-14/h4-12H,13H2,1-3H3,(H,22,23)/b21-12+. The van der Waals surface area contributed by atoms with Crippen molar-refractivity contribution < 1.29 is 9.63 Å². The zero-order chi connectivity index (χ0) is 17.6. The molecule has 0 saturated heterocycles. The van der Waals surface area contributed by atoms with Gasteiger partial charge < -0.3 is 10.2 Å². The summed E-state index contributed by atoms with van der Waals surface area (Å²) in [7, 11) is 0. The Morgan fingerprint density at radius 3 is 2.50 bits per heavy atom. The fourth-order valence-electron chi connectivity index (χ4n) is 2.18. The van der Waals surface area contributed by atoms with E-state index in [1.54, 1.807) is 12.1 Å². The Kier molecular flexibility index (Phi) is 5.99. The van der Waals surface area contributed by atoms with E-state index < -0.39 is 0 Å². The zero-order valence-electron chi connectivity index (χ0n) is 14.0. The summed E-state index contributed by atoms with van der Waals surface area (Å²) in [6, 6.07) is 14.9. The number of para-hydroxylation sites is 1. The van der Waals surface area contributed by atoms with Crippen LogP contribution in [0.15, 0.2) is 53.7 Å². The Hall–Kier alpha value is -2.33. The Labute approximate surface area is 147 Å². The van der Waals surface area contributed by atoms with Crippen LogP contribution in [-0.2, 0) is 15.0 Å². The van der Waals surface area contributed by atoms with Gasteiger partial charge in [-0.15, -0.1) is 0 Å². The third kappa shape index (κ3) is 5.39. The summed E-state index contributed by atoms with van der Waals surface area (Å²) in [4.78, 5) is 17.1. The third-order valence-electron chi connectivity index (χ3n) is 3.35. The lowest BCUT2D eigenvalue weighted by Gasteiger charge is -2.22. The van der Waals surface area contributed by atoms with Gasteiger partial charge in [0.2, 0.25) is 0 Å². The summed E-state index contributed by atoms with van der Waals surface area (Å²) in [6.07, 6.45) is 1.53. The molecule has 24 heavy (non-hydrogen) atoms. The lowest BCUT2D eigenvalue weighted by molar-refractivity contribution is -0.120. The Bertz CT molecular complexity index is 719. The molecule has 4 nitrogen and oxygen atoms in total. The van der Waals surface area contributed by atoms with E-state index in [1.165, 1.54) is 6.21 Å².